The Morgan fingerprint density at radius 3 is 1.83 bits per heavy atom. The van der Waals surface area contributed by atoms with Crippen molar-refractivity contribution in [1.29, 1.82) is 0 Å². The third kappa shape index (κ3) is 7.03. The summed E-state index contributed by atoms with van der Waals surface area (Å²) < 4.78 is 15.4. The lowest BCUT2D eigenvalue weighted by Crippen LogP contribution is -2.38. The number of hydrogen-bond acceptors (Lipinski definition) is 9. The summed E-state index contributed by atoms with van der Waals surface area (Å²) in [5.41, 5.74) is 1.28. The Balaban J connectivity index is 2.22. The quantitative estimate of drug-likeness (QED) is 0.267. The second-order valence-electron chi connectivity index (χ2n) is 7.98. The van der Waals surface area contributed by atoms with Crippen molar-refractivity contribution < 1.29 is 38.2 Å². The number of rotatable bonds is 11. The SMILES string of the molecule is CCCC(=O)Nc1ccc(C(=O)COC(=O)C2C(C(=O)OCC)=C(C)NC(C)=C2C(=O)OCC)cc1. The van der Waals surface area contributed by atoms with Crippen LogP contribution in [0.5, 0.6) is 0 Å². The normalized spacial score (nSPS) is 13.6. The molecule has 1 aromatic carbocycles. The van der Waals surface area contributed by atoms with Crippen LogP contribution in [0.4, 0.5) is 5.69 Å². The van der Waals surface area contributed by atoms with Crippen molar-refractivity contribution in [2.75, 3.05) is 25.1 Å². The number of benzene rings is 1. The molecule has 2 rings (SSSR count). The number of ketones is 1. The van der Waals surface area contributed by atoms with E-state index in [-0.39, 0.29) is 35.8 Å². The van der Waals surface area contributed by atoms with Crippen molar-refractivity contribution in [1.82, 2.24) is 5.32 Å². The minimum absolute atomic E-state index is 0.0577. The Morgan fingerprint density at radius 1 is 0.833 bits per heavy atom. The van der Waals surface area contributed by atoms with E-state index >= 15 is 0 Å². The summed E-state index contributed by atoms with van der Waals surface area (Å²) in [7, 11) is 0. The summed E-state index contributed by atoms with van der Waals surface area (Å²) in [5.74, 6) is -4.59. The average Bonchev–Trinajstić information content (AvgIpc) is 2.82. The van der Waals surface area contributed by atoms with E-state index < -0.39 is 36.2 Å². The summed E-state index contributed by atoms with van der Waals surface area (Å²) in [6.45, 7) is 7.77. The van der Waals surface area contributed by atoms with Crippen LogP contribution in [-0.2, 0) is 33.4 Å². The maximum atomic E-state index is 13.2. The molecule has 2 N–H and O–H groups in total. The molecule has 10 nitrogen and oxygen atoms in total. The molecule has 0 spiro atoms. The van der Waals surface area contributed by atoms with Crippen LogP contribution in [-0.4, -0.2) is 49.4 Å². The number of anilines is 1. The van der Waals surface area contributed by atoms with Crippen LogP contribution < -0.4 is 10.6 Å². The van der Waals surface area contributed by atoms with E-state index in [1.807, 2.05) is 6.92 Å². The molecule has 36 heavy (non-hydrogen) atoms. The molecule has 1 heterocycles. The first kappa shape index (κ1) is 28.3. The smallest absolute Gasteiger partial charge is 0.337 e. The van der Waals surface area contributed by atoms with Gasteiger partial charge in [-0.1, -0.05) is 6.92 Å². The van der Waals surface area contributed by atoms with Gasteiger partial charge in [-0.2, -0.15) is 0 Å². The zero-order valence-corrected chi connectivity index (χ0v) is 21.2. The number of allylic oxidation sites excluding steroid dienone is 2. The van der Waals surface area contributed by atoms with Crippen LogP contribution in [0.3, 0.4) is 0 Å². The lowest BCUT2D eigenvalue weighted by Gasteiger charge is -2.28. The first-order valence-corrected chi connectivity index (χ1v) is 11.8. The largest absolute Gasteiger partial charge is 0.463 e. The van der Waals surface area contributed by atoms with Gasteiger partial charge in [0.1, 0.15) is 5.92 Å². The third-order valence-corrected chi connectivity index (χ3v) is 5.30. The summed E-state index contributed by atoms with van der Waals surface area (Å²) in [5, 5.41) is 5.64. The summed E-state index contributed by atoms with van der Waals surface area (Å²) >= 11 is 0. The highest BCUT2D eigenvalue weighted by atomic mass is 16.5. The monoisotopic (exact) mass is 500 g/mol. The van der Waals surface area contributed by atoms with Gasteiger partial charge in [-0.05, 0) is 58.4 Å². The van der Waals surface area contributed by atoms with Gasteiger partial charge in [-0.3, -0.25) is 14.4 Å². The van der Waals surface area contributed by atoms with Crippen molar-refractivity contribution in [3.63, 3.8) is 0 Å². The lowest BCUT2D eigenvalue weighted by atomic mass is 9.85. The second-order valence-corrected chi connectivity index (χ2v) is 7.98. The number of Topliss-reactive ketones (excluding diaryl/α,β-unsaturated/α-hetero) is 1. The predicted octanol–water partition coefficient (Wildman–Crippen LogP) is 3.04. The van der Waals surface area contributed by atoms with Crippen molar-refractivity contribution in [3.05, 3.63) is 52.4 Å². The van der Waals surface area contributed by atoms with Crippen LogP contribution >= 0.6 is 0 Å². The molecule has 0 aliphatic carbocycles. The van der Waals surface area contributed by atoms with Gasteiger partial charge in [0.15, 0.2) is 12.4 Å². The number of carbonyl (C=O) groups excluding carboxylic acids is 5. The minimum Gasteiger partial charge on any atom is -0.463 e. The van der Waals surface area contributed by atoms with E-state index in [0.29, 0.717) is 29.9 Å². The van der Waals surface area contributed by atoms with E-state index in [0.717, 1.165) is 0 Å². The number of nitrogens with one attached hydrogen (secondary N) is 2. The van der Waals surface area contributed by atoms with Crippen molar-refractivity contribution in [2.24, 2.45) is 5.92 Å². The first-order valence-electron chi connectivity index (χ1n) is 11.8. The molecule has 0 saturated heterocycles. The van der Waals surface area contributed by atoms with Gasteiger partial charge in [0, 0.05) is 29.1 Å². The molecule has 1 aromatic rings. The van der Waals surface area contributed by atoms with Crippen LogP contribution in [0.15, 0.2) is 46.8 Å². The number of hydrogen-bond donors (Lipinski definition) is 2. The molecular formula is C26H32N2O8. The number of ether oxygens (including phenoxy) is 3. The lowest BCUT2D eigenvalue weighted by molar-refractivity contribution is -0.151. The highest BCUT2D eigenvalue weighted by molar-refractivity contribution is 6.06. The number of dihydropyridines is 1. The van der Waals surface area contributed by atoms with Gasteiger partial charge in [0.25, 0.3) is 0 Å². The van der Waals surface area contributed by atoms with Crippen molar-refractivity contribution in [2.45, 2.75) is 47.5 Å². The number of esters is 3. The molecule has 0 saturated carbocycles. The molecule has 0 bridgehead atoms. The van der Waals surface area contributed by atoms with Crippen LogP contribution in [0, 0.1) is 5.92 Å². The molecule has 194 valence electrons. The van der Waals surface area contributed by atoms with Gasteiger partial charge in [0.2, 0.25) is 5.91 Å². The first-order chi connectivity index (χ1) is 17.1. The highest BCUT2D eigenvalue weighted by Gasteiger charge is 2.42. The topological polar surface area (TPSA) is 137 Å². The summed E-state index contributed by atoms with van der Waals surface area (Å²) in [6.07, 6.45) is 1.10. The van der Waals surface area contributed by atoms with Gasteiger partial charge in [0.05, 0.1) is 24.4 Å². The summed E-state index contributed by atoms with van der Waals surface area (Å²) in [4.78, 5) is 62.9. The molecule has 1 amide bonds. The van der Waals surface area contributed by atoms with Crippen LogP contribution in [0.1, 0.15) is 57.8 Å². The maximum Gasteiger partial charge on any atom is 0.337 e. The molecule has 10 heteroatoms. The molecule has 0 radical (unpaired) electrons. The molecule has 0 aromatic heterocycles. The average molecular weight is 501 g/mol. The molecule has 0 unspecified atom stereocenters. The molecule has 0 fully saturated rings. The van der Waals surface area contributed by atoms with E-state index in [1.54, 1.807) is 39.8 Å². The molecule has 0 atom stereocenters. The van der Waals surface area contributed by atoms with Gasteiger partial charge < -0.3 is 24.8 Å². The van der Waals surface area contributed by atoms with Crippen molar-refractivity contribution in [3.8, 4) is 0 Å². The Morgan fingerprint density at radius 2 is 1.36 bits per heavy atom. The van der Waals surface area contributed by atoms with E-state index in [4.69, 9.17) is 14.2 Å². The number of amides is 1. The zero-order chi connectivity index (χ0) is 26.8. The Bertz CT molecular complexity index is 1050. The van der Waals surface area contributed by atoms with Crippen LogP contribution in [0.25, 0.3) is 0 Å². The zero-order valence-electron chi connectivity index (χ0n) is 21.2. The van der Waals surface area contributed by atoms with Gasteiger partial charge >= 0.3 is 17.9 Å². The summed E-state index contributed by atoms with van der Waals surface area (Å²) in [6, 6.07) is 6.16. The second kappa shape index (κ2) is 13.2. The Labute approximate surface area is 210 Å². The van der Waals surface area contributed by atoms with E-state index in [1.165, 1.54) is 12.1 Å². The Kier molecular flexibility index (Phi) is 10.4. The van der Waals surface area contributed by atoms with Crippen LogP contribution in [0.2, 0.25) is 0 Å². The predicted molar refractivity (Wildman–Crippen MR) is 131 cm³/mol. The molecular weight excluding hydrogens is 468 g/mol. The van der Waals surface area contributed by atoms with Gasteiger partial charge in [-0.25, -0.2) is 9.59 Å². The fourth-order valence-corrected chi connectivity index (χ4v) is 3.68. The van der Waals surface area contributed by atoms with Gasteiger partial charge in [-0.15, -0.1) is 0 Å². The Hall–Kier alpha value is -3.95. The standard InChI is InChI=1S/C26H32N2O8/c1-6-9-20(30)28-18-12-10-17(11-13-18)19(29)14-36-26(33)23-21(24(31)34-7-2)15(4)27-16(5)22(23)25(32)35-8-3/h10-13,23,27H,6-9,14H2,1-5H3,(H,28,30). The third-order valence-electron chi connectivity index (χ3n) is 5.30. The highest BCUT2D eigenvalue weighted by Crippen LogP contribution is 2.32. The molecule has 1 aliphatic rings. The van der Waals surface area contributed by atoms with E-state index in [9.17, 15) is 24.0 Å². The van der Waals surface area contributed by atoms with Crippen molar-refractivity contribution >= 4 is 35.3 Å². The fraction of sp³-hybridized carbons (Fsp3) is 0.423. The molecule has 1 aliphatic heterocycles. The van der Waals surface area contributed by atoms with E-state index in [2.05, 4.69) is 10.6 Å². The maximum absolute atomic E-state index is 13.2. The number of carbonyl (C=O) groups is 5. The fourth-order valence-electron chi connectivity index (χ4n) is 3.68. The minimum atomic E-state index is -1.42.